The van der Waals surface area contributed by atoms with Crippen LogP contribution in [-0.4, -0.2) is 33.6 Å². The molecule has 0 atom stereocenters. The first-order valence-electron chi connectivity index (χ1n) is 9.79. The van der Waals surface area contributed by atoms with E-state index in [0.29, 0.717) is 27.4 Å². The third kappa shape index (κ3) is 4.28. The number of aryl methyl sites for hydroxylation is 1. The molecule has 0 aliphatic heterocycles. The first kappa shape index (κ1) is 21.4. The van der Waals surface area contributed by atoms with E-state index >= 15 is 0 Å². The molecule has 0 saturated carbocycles. The standard InChI is InChI=1S/C23H20N4O4S/c1-13(28)15-4-8-17(9-5-15)25-19(29)12-27-23(30)21-22(32-14(2)24-21)20(26-27)16-6-10-18(31-3)11-7-16/h4-11H,12H2,1-3H3,(H,25,29). The zero-order chi connectivity index (χ0) is 22.8. The summed E-state index contributed by atoms with van der Waals surface area (Å²) in [4.78, 5) is 41.3. The van der Waals surface area contributed by atoms with Crippen molar-refractivity contribution in [3.8, 4) is 17.0 Å². The van der Waals surface area contributed by atoms with Crippen LogP contribution in [0.15, 0.2) is 53.3 Å². The second kappa shape index (κ2) is 8.72. The van der Waals surface area contributed by atoms with Crippen LogP contribution in [0.1, 0.15) is 22.3 Å². The maximum atomic E-state index is 12.9. The molecule has 0 fully saturated rings. The summed E-state index contributed by atoms with van der Waals surface area (Å²) in [6.07, 6.45) is 0. The van der Waals surface area contributed by atoms with E-state index in [1.807, 2.05) is 31.2 Å². The lowest BCUT2D eigenvalue weighted by molar-refractivity contribution is -0.117. The number of Topliss-reactive ketones (excluding diaryl/α,β-unsaturated/α-hetero) is 1. The van der Waals surface area contributed by atoms with E-state index in [0.717, 1.165) is 15.3 Å². The van der Waals surface area contributed by atoms with Gasteiger partial charge in [0, 0.05) is 16.8 Å². The number of anilines is 1. The number of amides is 1. The number of ketones is 1. The molecule has 9 heteroatoms. The van der Waals surface area contributed by atoms with Gasteiger partial charge in [0.25, 0.3) is 5.56 Å². The SMILES string of the molecule is COc1ccc(-c2nn(CC(=O)Nc3ccc(C(C)=O)cc3)c(=O)c3nc(C)sc23)cc1. The number of nitrogens with zero attached hydrogens (tertiary/aromatic N) is 3. The van der Waals surface area contributed by atoms with Crippen LogP contribution in [0.5, 0.6) is 5.75 Å². The summed E-state index contributed by atoms with van der Waals surface area (Å²) in [5.41, 5.74) is 2.29. The summed E-state index contributed by atoms with van der Waals surface area (Å²) < 4.78 is 7.01. The van der Waals surface area contributed by atoms with Crippen molar-refractivity contribution in [1.82, 2.24) is 14.8 Å². The normalized spacial score (nSPS) is 10.8. The smallest absolute Gasteiger partial charge is 0.294 e. The number of carbonyl (C=O) groups is 2. The van der Waals surface area contributed by atoms with Crippen molar-refractivity contribution in [2.45, 2.75) is 20.4 Å². The number of thiazole rings is 1. The predicted molar refractivity (Wildman–Crippen MR) is 123 cm³/mol. The van der Waals surface area contributed by atoms with Crippen LogP contribution in [0.2, 0.25) is 0 Å². The topological polar surface area (TPSA) is 103 Å². The van der Waals surface area contributed by atoms with E-state index < -0.39 is 11.5 Å². The van der Waals surface area contributed by atoms with Gasteiger partial charge in [-0.25, -0.2) is 9.67 Å². The lowest BCUT2D eigenvalue weighted by atomic mass is 10.1. The minimum absolute atomic E-state index is 0.0588. The third-order valence-corrected chi connectivity index (χ3v) is 5.82. The molecule has 2 heterocycles. The number of nitrogens with one attached hydrogen (secondary N) is 1. The van der Waals surface area contributed by atoms with Crippen LogP contribution in [-0.2, 0) is 11.3 Å². The van der Waals surface area contributed by atoms with E-state index in [4.69, 9.17) is 4.74 Å². The monoisotopic (exact) mass is 448 g/mol. The molecular formula is C23H20N4O4S. The molecule has 0 aliphatic carbocycles. The first-order valence-corrected chi connectivity index (χ1v) is 10.6. The van der Waals surface area contributed by atoms with Gasteiger partial charge in [-0.2, -0.15) is 5.10 Å². The number of rotatable bonds is 6. The van der Waals surface area contributed by atoms with E-state index in [2.05, 4.69) is 15.4 Å². The Morgan fingerprint density at radius 2 is 1.78 bits per heavy atom. The van der Waals surface area contributed by atoms with Crippen molar-refractivity contribution in [1.29, 1.82) is 0 Å². The Bertz CT molecular complexity index is 1370. The lowest BCUT2D eigenvalue weighted by Crippen LogP contribution is -2.30. The Kier molecular flexibility index (Phi) is 5.83. The number of hydrogen-bond acceptors (Lipinski definition) is 7. The van der Waals surface area contributed by atoms with Crippen LogP contribution >= 0.6 is 11.3 Å². The predicted octanol–water partition coefficient (Wildman–Crippen LogP) is 3.68. The second-order valence-electron chi connectivity index (χ2n) is 7.13. The number of benzene rings is 2. The van der Waals surface area contributed by atoms with Crippen LogP contribution in [0, 0.1) is 6.92 Å². The van der Waals surface area contributed by atoms with Gasteiger partial charge in [0.1, 0.15) is 18.0 Å². The quantitative estimate of drug-likeness (QED) is 0.452. The number of aromatic nitrogens is 3. The summed E-state index contributed by atoms with van der Waals surface area (Å²) in [5, 5.41) is 7.95. The van der Waals surface area contributed by atoms with Gasteiger partial charge in [0.2, 0.25) is 5.91 Å². The van der Waals surface area contributed by atoms with E-state index in [-0.39, 0.29) is 17.8 Å². The largest absolute Gasteiger partial charge is 0.497 e. The lowest BCUT2D eigenvalue weighted by Gasteiger charge is -2.10. The van der Waals surface area contributed by atoms with Gasteiger partial charge in [-0.05, 0) is 62.4 Å². The molecular weight excluding hydrogens is 428 g/mol. The molecule has 0 unspecified atom stereocenters. The van der Waals surface area contributed by atoms with Crippen LogP contribution in [0.25, 0.3) is 21.5 Å². The Labute approximate surface area is 187 Å². The molecule has 4 rings (SSSR count). The fourth-order valence-electron chi connectivity index (χ4n) is 3.24. The van der Waals surface area contributed by atoms with Crippen molar-refractivity contribution >= 4 is 38.9 Å². The van der Waals surface area contributed by atoms with Gasteiger partial charge in [-0.3, -0.25) is 14.4 Å². The van der Waals surface area contributed by atoms with Crippen LogP contribution in [0.4, 0.5) is 5.69 Å². The molecule has 1 N–H and O–H groups in total. The van der Waals surface area contributed by atoms with Crippen LogP contribution < -0.4 is 15.6 Å². The highest BCUT2D eigenvalue weighted by Gasteiger charge is 2.18. The average molecular weight is 449 g/mol. The third-order valence-electron chi connectivity index (χ3n) is 4.84. The minimum atomic E-state index is -0.427. The van der Waals surface area contributed by atoms with Crippen LogP contribution in [0.3, 0.4) is 0 Å². The molecule has 2 aromatic heterocycles. The zero-order valence-electron chi connectivity index (χ0n) is 17.7. The van der Waals surface area contributed by atoms with Crippen molar-refractivity contribution in [2.24, 2.45) is 0 Å². The summed E-state index contributed by atoms with van der Waals surface area (Å²) in [7, 11) is 1.59. The van der Waals surface area contributed by atoms with Crippen molar-refractivity contribution in [3.63, 3.8) is 0 Å². The van der Waals surface area contributed by atoms with Crippen molar-refractivity contribution in [2.75, 3.05) is 12.4 Å². The first-order chi connectivity index (χ1) is 15.4. The highest BCUT2D eigenvalue weighted by atomic mass is 32.1. The van der Waals surface area contributed by atoms with E-state index in [1.54, 1.807) is 31.4 Å². The van der Waals surface area contributed by atoms with E-state index in [9.17, 15) is 14.4 Å². The molecule has 1 amide bonds. The van der Waals surface area contributed by atoms with Gasteiger partial charge in [-0.1, -0.05) is 0 Å². The maximum absolute atomic E-state index is 12.9. The highest BCUT2D eigenvalue weighted by molar-refractivity contribution is 7.19. The fourth-order valence-corrected chi connectivity index (χ4v) is 4.15. The molecule has 0 aliphatic rings. The Balaban J connectivity index is 1.67. The summed E-state index contributed by atoms with van der Waals surface area (Å²) >= 11 is 1.39. The molecule has 162 valence electrons. The number of carbonyl (C=O) groups excluding carboxylic acids is 2. The van der Waals surface area contributed by atoms with Gasteiger partial charge >= 0.3 is 0 Å². The maximum Gasteiger partial charge on any atom is 0.294 e. The molecule has 32 heavy (non-hydrogen) atoms. The summed E-state index contributed by atoms with van der Waals surface area (Å²) in [6.45, 7) is 3.02. The number of fused-ring (bicyclic) bond motifs is 1. The fraction of sp³-hybridized carbons (Fsp3) is 0.174. The Hall–Kier alpha value is -3.85. The minimum Gasteiger partial charge on any atom is -0.497 e. The average Bonchev–Trinajstić information content (AvgIpc) is 3.18. The van der Waals surface area contributed by atoms with Crippen molar-refractivity contribution < 1.29 is 14.3 Å². The highest BCUT2D eigenvalue weighted by Crippen LogP contribution is 2.30. The van der Waals surface area contributed by atoms with Gasteiger partial charge in [0.15, 0.2) is 11.3 Å². The second-order valence-corrected chi connectivity index (χ2v) is 8.34. The molecule has 0 bridgehead atoms. The number of methoxy groups -OCH3 is 1. The van der Waals surface area contributed by atoms with Gasteiger partial charge in [0.05, 0.1) is 16.8 Å². The van der Waals surface area contributed by atoms with Gasteiger partial charge in [-0.15, -0.1) is 11.3 Å². The Morgan fingerprint density at radius 3 is 2.41 bits per heavy atom. The molecule has 0 saturated heterocycles. The van der Waals surface area contributed by atoms with Crippen molar-refractivity contribution in [3.05, 3.63) is 69.5 Å². The summed E-state index contributed by atoms with van der Waals surface area (Å²) in [6, 6.07) is 13.9. The number of ether oxygens (including phenoxy) is 1. The summed E-state index contributed by atoms with van der Waals surface area (Å²) in [5.74, 6) is 0.229. The molecule has 8 nitrogen and oxygen atoms in total. The van der Waals surface area contributed by atoms with E-state index in [1.165, 1.54) is 18.3 Å². The molecule has 2 aromatic carbocycles. The number of hydrogen-bond donors (Lipinski definition) is 1. The van der Waals surface area contributed by atoms with Gasteiger partial charge < -0.3 is 10.1 Å². The molecule has 0 radical (unpaired) electrons. The zero-order valence-corrected chi connectivity index (χ0v) is 18.5. The molecule has 0 spiro atoms. The Morgan fingerprint density at radius 1 is 1.09 bits per heavy atom. The molecule has 4 aromatic rings.